The number of hydrogen-bond acceptors (Lipinski definition) is 8. The van der Waals surface area contributed by atoms with Crippen molar-refractivity contribution < 1.29 is 4.74 Å². The minimum absolute atomic E-state index is 0.764. The van der Waals surface area contributed by atoms with Gasteiger partial charge in [-0.1, -0.05) is 0 Å². The Morgan fingerprint density at radius 2 is 1.34 bits per heavy atom. The molecular formula is C21H29N7O. The van der Waals surface area contributed by atoms with Gasteiger partial charge in [0.15, 0.2) is 0 Å². The summed E-state index contributed by atoms with van der Waals surface area (Å²) in [7, 11) is 0. The van der Waals surface area contributed by atoms with E-state index in [9.17, 15) is 0 Å². The van der Waals surface area contributed by atoms with E-state index in [4.69, 9.17) is 14.7 Å². The Bertz CT molecular complexity index is 889. The molecule has 154 valence electrons. The van der Waals surface area contributed by atoms with Crippen LogP contribution in [0.1, 0.15) is 29.3 Å². The molecule has 2 saturated heterocycles. The van der Waals surface area contributed by atoms with Gasteiger partial charge in [0.1, 0.15) is 29.1 Å². The number of piperazine rings is 1. The van der Waals surface area contributed by atoms with Crippen LogP contribution in [0, 0.1) is 13.8 Å². The molecule has 0 spiro atoms. The van der Waals surface area contributed by atoms with Gasteiger partial charge in [-0.15, -0.1) is 0 Å². The molecule has 0 amide bonds. The third kappa shape index (κ3) is 3.73. The first-order valence-corrected chi connectivity index (χ1v) is 10.7. The van der Waals surface area contributed by atoms with E-state index in [2.05, 4.69) is 30.7 Å². The maximum Gasteiger partial charge on any atom is 0.135 e. The van der Waals surface area contributed by atoms with Gasteiger partial charge in [0.2, 0.25) is 0 Å². The van der Waals surface area contributed by atoms with Gasteiger partial charge in [0, 0.05) is 56.6 Å². The normalized spacial score (nSPS) is 19.6. The van der Waals surface area contributed by atoms with Gasteiger partial charge < -0.3 is 19.4 Å². The summed E-state index contributed by atoms with van der Waals surface area (Å²) in [6.07, 6.45) is 3.40. The Morgan fingerprint density at radius 3 is 2.07 bits per heavy atom. The van der Waals surface area contributed by atoms with Gasteiger partial charge in [-0.05, 0) is 33.1 Å². The molecule has 0 aromatic carbocycles. The van der Waals surface area contributed by atoms with Crippen molar-refractivity contribution in [1.29, 1.82) is 0 Å². The summed E-state index contributed by atoms with van der Waals surface area (Å²) < 4.78 is 5.48. The molecule has 3 aliphatic rings. The molecule has 2 aromatic heterocycles. The van der Waals surface area contributed by atoms with E-state index < -0.39 is 0 Å². The highest BCUT2D eigenvalue weighted by atomic mass is 16.5. The second-order valence-electron chi connectivity index (χ2n) is 8.08. The lowest BCUT2D eigenvalue weighted by Gasteiger charge is -2.37. The monoisotopic (exact) mass is 395 g/mol. The third-order valence-corrected chi connectivity index (χ3v) is 6.07. The largest absolute Gasteiger partial charge is 0.378 e. The number of aryl methyl sites for hydroxylation is 3. The molecule has 1 aliphatic carbocycles. The first kappa shape index (κ1) is 18.5. The highest BCUT2D eigenvalue weighted by molar-refractivity contribution is 5.55. The maximum absolute atomic E-state index is 5.48. The molecule has 29 heavy (non-hydrogen) atoms. The number of ether oxygens (including phenoxy) is 1. The van der Waals surface area contributed by atoms with Gasteiger partial charge >= 0.3 is 0 Å². The SMILES string of the molecule is Cc1nc(N2CCOCC2)cc(N2CCN(c3nc(C)nc4c3CCC4)CC2)n1. The lowest BCUT2D eigenvalue weighted by atomic mass is 10.2. The highest BCUT2D eigenvalue weighted by Crippen LogP contribution is 2.30. The molecule has 2 aromatic rings. The molecule has 0 bridgehead atoms. The third-order valence-electron chi connectivity index (χ3n) is 6.07. The molecular weight excluding hydrogens is 366 g/mol. The van der Waals surface area contributed by atoms with Crippen LogP contribution in [0.15, 0.2) is 6.07 Å². The van der Waals surface area contributed by atoms with Crippen LogP contribution in [0.3, 0.4) is 0 Å². The highest BCUT2D eigenvalue weighted by Gasteiger charge is 2.26. The molecule has 4 heterocycles. The summed E-state index contributed by atoms with van der Waals surface area (Å²) in [6, 6.07) is 2.14. The van der Waals surface area contributed by atoms with Gasteiger partial charge in [0.05, 0.1) is 13.2 Å². The average molecular weight is 396 g/mol. The molecule has 0 radical (unpaired) electrons. The van der Waals surface area contributed by atoms with E-state index >= 15 is 0 Å². The fourth-order valence-corrected chi connectivity index (χ4v) is 4.60. The number of morpholine rings is 1. The second kappa shape index (κ2) is 7.74. The predicted molar refractivity (Wildman–Crippen MR) is 113 cm³/mol. The fraction of sp³-hybridized carbons (Fsp3) is 0.619. The first-order chi connectivity index (χ1) is 14.2. The van der Waals surface area contributed by atoms with Crippen LogP contribution < -0.4 is 14.7 Å². The van der Waals surface area contributed by atoms with E-state index in [0.717, 1.165) is 94.4 Å². The Labute approximate surface area is 171 Å². The maximum atomic E-state index is 5.48. The number of rotatable bonds is 3. The molecule has 0 N–H and O–H groups in total. The van der Waals surface area contributed by atoms with Crippen molar-refractivity contribution >= 4 is 17.5 Å². The zero-order chi connectivity index (χ0) is 19.8. The summed E-state index contributed by atoms with van der Waals surface area (Å²) >= 11 is 0. The summed E-state index contributed by atoms with van der Waals surface area (Å²) in [5, 5.41) is 0. The van der Waals surface area contributed by atoms with E-state index in [1.54, 1.807) is 0 Å². The van der Waals surface area contributed by atoms with Crippen LogP contribution in [0.4, 0.5) is 17.5 Å². The van der Waals surface area contributed by atoms with Crippen molar-refractivity contribution in [2.24, 2.45) is 0 Å². The molecule has 2 fully saturated rings. The van der Waals surface area contributed by atoms with Crippen LogP contribution in [-0.2, 0) is 17.6 Å². The van der Waals surface area contributed by atoms with Crippen molar-refractivity contribution in [3.8, 4) is 0 Å². The Morgan fingerprint density at radius 1 is 0.724 bits per heavy atom. The van der Waals surface area contributed by atoms with E-state index in [1.165, 1.54) is 17.7 Å². The van der Waals surface area contributed by atoms with Crippen LogP contribution in [0.2, 0.25) is 0 Å². The number of nitrogens with zero attached hydrogens (tertiary/aromatic N) is 7. The standard InChI is InChI=1S/C21H29N7O/c1-15-22-18-5-3-4-17(18)21(25-15)28-8-6-26(7-9-28)19-14-20(24-16(2)23-19)27-10-12-29-13-11-27/h14H,3-13H2,1-2H3. The van der Waals surface area contributed by atoms with E-state index in [1.807, 2.05) is 13.8 Å². The van der Waals surface area contributed by atoms with E-state index in [-0.39, 0.29) is 0 Å². The summed E-state index contributed by atoms with van der Waals surface area (Å²) in [5.41, 5.74) is 2.63. The van der Waals surface area contributed by atoms with Gasteiger partial charge in [0.25, 0.3) is 0 Å². The molecule has 0 saturated carbocycles. The topological polar surface area (TPSA) is 70.5 Å². The van der Waals surface area contributed by atoms with Crippen LogP contribution in [0.25, 0.3) is 0 Å². The lowest BCUT2D eigenvalue weighted by molar-refractivity contribution is 0.122. The number of aromatic nitrogens is 4. The van der Waals surface area contributed by atoms with Crippen molar-refractivity contribution in [1.82, 2.24) is 19.9 Å². The first-order valence-electron chi connectivity index (χ1n) is 10.7. The number of fused-ring (bicyclic) bond motifs is 1. The zero-order valence-corrected chi connectivity index (χ0v) is 17.4. The molecule has 8 nitrogen and oxygen atoms in total. The molecule has 0 atom stereocenters. The summed E-state index contributed by atoms with van der Waals surface area (Å²) in [6.45, 7) is 11.1. The summed E-state index contributed by atoms with van der Waals surface area (Å²) in [4.78, 5) is 26.0. The quantitative estimate of drug-likeness (QED) is 0.775. The van der Waals surface area contributed by atoms with Gasteiger partial charge in [-0.25, -0.2) is 19.9 Å². The molecule has 8 heteroatoms. The fourth-order valence-electron chi connectivity index (χ4n) is 4.60. The number of anilines is 3. The van der Waals surface area contributed by atoms with Crippen LogP contribution >= 0.6 is 0 Å². The lowest BCUT2D eigenvalue weighted by Crippen LogP contribution is -2.47. The zero-order valence-electron chi connectivity index (χ0n) is 17.4. The van der Waals surface area contributed by atoms with Crippen LogP contribution in [-0.4, -0.2) is 72.4 Å². The minimum atomic E-state index is 0.764. The van der Waals surface area contributed by atoms with Crippen molar-refractivity contribution in [3.05, 3.63) is 29.0 Å². The summed E-state index contributed by atoms with van der Waals surface area (Å²) in [5.74, 6) is 4.93. The van der Waals surface area contributed by atoms with Gasteiger partial charge in [-0.2, -0.15) is 0 Å². The average Bonchev–Trinajstić information content (AvgIpc) is 3.22. The van der Waals surface area contributed by atoms with Crippen molar-refractivity contribution in [2.45, 2.75) is 33.1 Å². The van der Waals surface area contributed by atoms with Crippen molar-refractivity contribution in [2.75, 3.05) is 67.2 Å². The molecule has 5 rings (SSSR count). The van der Waals surface area contributed by atoms with E-state index in [0.29, 0.717) is 0 Å². The second-order valence-corrected chi connectivity index (χ2v) is 8.08. The van der Waals surface area contributed by atoms with Crippen molar-refractivity contribution in [3.63, 3.8) is 0 Å². The molecule has 2 aliphatic heterocycles. The minimum Gasteiger partial charge on any atom is -0.378 e. The van der Waals surface area contributed by atoms with Gasteiger partial charge in [-0.3, -0.25) is 0 Å². The number of hydrogen-bond donors (Lipinski definition) is 0. The van der Waals surface area contributed by atoms with Crippen LogP contribution in [0.5, 0.6) is 0 Å². The molecule has 0 unspecified atom stereocenters. The smallest absolute Gasteiger partial charge is 0.135 e. The predicted octanol–water partition coefficient (Wildman–Crippen LogP) is 1.54. The Kier molecular flexibility index (Phi) is 4.95. The Hall–Kier alpha value is -2.48. The Balaban J connectivity index is 1.32.